The van der Waals surface area contributed by atoms with Crippen molar-refractivity contribution in [3.63, 3.8) is 0 Å². The number of esters is 1. The van der Waals surface area contributed by atoms with Crippen molar-refractivity contribution in [1.82, 2.24) is 5.43 Å². The lowest BCUT2D eigenvalue weighted by atomic mass is 10.1. The standard InChI is InChI=1S/C12H15FN2O3/c1-3-10(12(17)18-2)11(16)15-14-9-6-4-8(13)5-7-9/h4-7,10,14H,3H2,1-2H3,(H,15,16)/t10-/m1/s1. The Morgan fingerprint density at radius 3 is 2.44 bits per heavy atom. The molecule has 5 nitrogen and oxygen atoms in total. The van der Waals surface area contributed by atoms with E-state index in [-0.39, 0.29) is 5.82 Å². The summed E-state index contributed by atoms with van der Waals surface area (Å²) in [4.78, 5) is 22.9. The van der Waals surface area contributed by atoms with Gasteiger partial charge in [0.25, 0.3) is 5.91 Å². The van der Waals surface area contributed by atoms with Gasteiger partial charge in [0.05, 0.1) is 12.8 Å². The predicted octanol–water partition coefficient (Wildman–Crippen LogP) is 1.47. The van der Waals surface area contributed by atoms with Gasteiger partial charge in [-0.05, 0) is 30.7 Å². The van der Waals surface area contributed by atoms with Gasteiger partial charge in [-0.1, -0.05) is 6.92 Å². The first kappa shape index (κ1) is 14.0. The van der Waals surface area contributed by atoms with Crippen LogP contribution in [0.2, 0.25) is 0 Å². The van der Waals surface area contributed by atoms with Gasteiger partial charge < -0.3 is 4.74 Å². The summed E-state index contributed by atoms with van der Waals surface area (Å²) in [5.41, 5.74) is 5.48. The van der Waals surface area contributed by atoms with Crippen LogP contribution in [0.4, 0.5) is 10.1 Å². The van der Waals surface area contributed by atoms with E-state index in [9.17, 15) is 14.0 Å². The van der Waals surface area contributed by atoms with Crippen LogP contribution in [0.25, 0.3) is 0 Å². The molecule has 0 aliphatic rings. The molecule has 0 radical (unpaired) electrons. The fourth-order valence-electron chi connectivity index (χ4n) is 1.36. The molecule has 0 saturated heterocycles. The summed E-state index contributed by atoms with van der Waals surface area (Å²) in [6, 6.07) is 5.45. The van der Waals surface area contributed by atoms with E-state index in [4.69, 9.17) is 0 Å². The van der Waals surface area contributed by atoms with Crippen LogP contribution in [0.15, 0.2) is 24.3 Å². The topological polar surface area (TPSA) is 67.4 Å². The van der Waals surface area contributed by atoms with Crippen molar-refractivity contribution in [2.24, 2.45) is 5.92 Å². The monoisotopic (exact) mass is 254 g/mol. The highest BCUT2D eigenvalue weighted by molar-refractivity contribution is 5.98. The van der Waals surface area contributed by atoms with Gasteiger partial charge >= 0.3 is 5.97 Å². The maximum absolute atomic E-state index is 12.6. The number of amides is 1. The average Bonchev–Trinajstić information content (AvgIpc) is 2.38. The van der Waals surface area contributed by atoms with Gasteiger partial charge in [0.15, 0.2) is 0 Å². The number of methoxy groups -OCH3 is 1. The van der Waals surface area contributed by atoms with Crippen LogP contribution >= 0.6 is 0 Å². The van der Waals surface area contributed by atoms with Crippen LogP contribution in [0.3, 0.4) is 0 Å². The second kappa shape index (κ2) is 6.58. The molecule has 0 aliphatic carbocycles. The second-order valence-corrected chi connectivity index (χ2v) is 3.61. The molecule has 2 N–H and O–H groups in total. The third-order valence-electron chi connectivity index (χ3n) is 2.38. The van der Waals surface area contributed by atoms with Crippen molar-refractivity contribution in [1.29, 1.82) is 0 Å². The molecule has 0 heterocycles. The molecule has 1 aromatic carbocycles. The largest absolute Gasteiger partial charge is 0.468 e. The minimum absolute atomic E-state index is 0.337. The van der Waals surface area contributed by atoms with Crippen molar-refractivity contribution < 1.29 is 18.7 Å². The van der Waals surface area contributed by atoms with Gasteiger partial charge in [-0.25, -0.2) is 4.39 Å². The number of ether oxygens (including phenoxy) is 1. The van der Waals surface area contributed by atoms with Crippen molar-refractivity contribution in [3.05, 3.63) is 30.1 Å². The Kier molecular flexibility index (Phi) is 5.10. The Morgan fingerprint density at radius 2 is 1.94 bits per heavy atom. The van der Waals surface area contributed by atoms with Crippen LogP contribution in [0, 0.1) is 11.7 Å². The van der Waals surface area contributed by atoms with Crippen LogP contribution in [-0.4, -0.2) is 19.0 Å². The zero-order valence-corrected chi connectivity index (χ0v) is 10.2. The van der Waals surface area contributed by atoms with Crippen LogP contribution in [0.5, 0.6) is 0 Å². The molecule has 0 fully saturated rings. The highest BCUT2D eigenvalue weighted by Gasteiger charge is 2.25. The summed E-state index contributed by atoms with van der Waals surface area (Å²) in [7, 11) is 1.23. The van der Waals surface area contributed by atoms with E-state index in [2.05, 4.69) is 15.6 Å². The van der Waals surface area contributed by atoms with E-state index in [1.807, 2.05) is 0 Å². The maximum Gasteiger partial charge on any atom is 0.318 e. The Hall–Kier alpha value is -2.11. The molecule has 0 saturated carbocycles. The molecule has 1 atom stereocenters. The van der Waals surface area contributed by atoms with Crippen molar-refractivity contribution >= 4 is 17.6 Å². The summed E-state index contributed by atoms with van der Waals surface area (Å²) in [5, 5.41) is 0. The third-order valence-corrected chi connectivity index (χ3v) is 2.38. The smallest absolute Gasteiger partial charge is 0.318 e. The fraction of sp³-hybridized carbons (Fsp3) is 0.333. The number of benzene rings is 1. The molecule has 98 valence electrons. The molecule has 0 spiro atoms. The summed E-state index contributed by atoms with van der Waals surface area (Å²) < 4.78 is 17.2. The van der Waals surface area contributed by atoms with E-state index in [0.29, 0.717) is 12.1 Å². The van der Waals surface area contributed by atoms with Gasteiger partial charge in [0, 0.05) is 0 Å². The average molecular weight is 254 g/mol. The predicted molar refractivity (Wildman–Crippen MR) is 64.0 cm³/mol. The summed E-state index contributed by atoms with van der Waals surface area (Å²) in [5.74, 6) is -2.31. The Labute approximate surface area is 104 Å². The van der Waals surface area contributed by atoms with Gasteiger partial charge in [-0.15, -0.1) is 0 Å². The van der Waals surface area contributed by atoms with Crippen LogP contribution in [-0.2, 0) is 14.3 Å². The number of hydrazine groups is 1. The summed E-state index contributed by atoms with van der Waals surface area (Å²) in [6.07, 6.45) is 0.337. The first-order valence-corrected chi connectivity index (χ1v) is 5.47. The number of carbonyl (C=O) groups is 2. The molecule has 6 heteroatoms. The Bertz CT molecular complexity index is 420. The Balaban J connectivity index is 2.54. The minimum Gasteiger partial charge on any atom is -0.468 e. The van der Waals surface area contributed by atoms with Crippen LogP contribution in [0.1, 0.15) is 13.3 Å². The van der Waals surface area contributed by atoms with Crippen molar-refractivity contribution in [2.75, 3.05) is 12.5 Å². The molecule has 0 bridgehead atoms. The molecular weight excluding hydrogens is 239 g/mol. The van der Waals surface area contributed by atoms with E-state index in [1.165, 1.54) is 31.4 Å². The lowest BCUT2D eigenvalue weighted by molar-refractivity contribution is -0.150. The van der Waals surface area contributed by atoms with Gasteiger partial charge in [0.1, 0.15) is 11.7 Å². The number of carbonyl (C=O) groups excluding carboxylic acids is 2. The molecule has 0 unspecified atom stereocenters. The van der Waals surface area contributed by atoms with Crippen LogP contribution < -0.4 is 10.9 Å². The molecule has 0 aromatic heterocycles. The quantitative estimate of drug-likeness (QED) is 0.474. The molecule has 1 rings (SSSR count). The first-order chi connectivity index (χ1) is 8.58. The fourth-order valence-corrected chi connectivity index (χ4v) is 1.36. The summed E-state index contributed by atoms with van der Waals surface area (Å²) in [6.45, 7) is 1.71. The number of anilines is 1. The highest BCUT2D eigenvalue weighted by Crippen LogP contribution is 2.08. The molecule has 18 heavy (non-hydrogen) atoms. The number of hydrogen-bond acceptors (Lipinski definition) is 4. The lowest BCUT2D eigenvalue weighted by Gasteiger charge is -2.14. The molecule has 0 aliphatic heterocycles. The van der Waals surface area contributed by atoms with E-state index >= 15 is 0 Å². The van der Waals surface area contributed by atoms with Crippen molar-refractivity contribution in [2.45, 2.75) is 13.3 Å². The normalized spacial score (nSPS) is 11.5. The second-order valence-electron chi connectivity index (χ2n) is 3.61. The summed E-state index contributed by atoms with van der Waals surface area (Å²) >= 11 is 0. The van der Waals surface area contributed by atoms with E-state index in [1.54, 1.807) is 6.92 Å². The Morgan fingerprint density at radius 1 is 1.33 bits per heavy atom. The first-order valence-electron chi connectivity index (χ1n) is 5.47. The van der Waals surface area contributed by atoms with Gasteiger partial charge in [0.2, 0.25) is 0 Å². The SMILES string of the molecule is CC[C@H](C(=O)NNc1ccc(F)cc1)C(=O)OC. The zero-order valence-electron chi connectivity index (χ0n) is 10.2. The number of hydrogen-bond donors (Lipinski definition) is 2. The molecular formula is C12H15FN2O3. The number of rotatable bonds is 5. The van der Waals surface area contributed by atoms with Gasteiger partial charge in [-0.2, -0.15) is 0 Å². The number of halogens is 1. The number of nitrogens with one attached hydrogen (secondary N) is 2. The third kappa shape index (κ3) is 3.73. The van der Waals surface area contributed by atoms with E-state index < -0.39 is 17.8 Å². The van der Waals surface area contributed by atoms with Gasteiger partial charge in [-0.3, -0.25) is 20.4 Å². The lowest BCUT2D eigenvalue weighted by Crippen LogP contribution is -2.38. The van der Waals surface area contributed by atoms with Crippen molar-refractivity contribution in [3.8, 4) is 0 Å². The maximum atomic E-state index is 12.6. The molecule has 1 amide bonds. The zero-order chi connectivity index (χ0) is 13.5. The van der Waals surface area contributed by atoms with E-state index in [0.717, 1.165) is 0 Å². The minimum atomic E-state index is -0.858. The molecule has 1 aromatic rings. The highest BCUT2D eigenvalue weighted by atomic mass is 19.1.